The normalized spacial score (nSPS) is 18.4. The maximum atomic E-state index is 13.6. The van der Waals surface area contributed by atoms with Gasteiger partial charge in [-0.15, -0.1) is 0 Å². The minimum atomic E-state index is 0.0625. The Morgan fingerprint density at radius 3 is 2.12 bits per heavy atom. The molecule has 0 unspecified atom stereocenters. The molecule has 0 bridgehead atoms. The number of nitrogens with zero attached hydrogens (tertiary/aromatic N) is 1. The minimum absolute atomic E-state index is 0.0625. The Hall–Kier alpha value is -2.91. The van der Waals surface area contributed by atoms with Gasteiger partial charge in [-0.25, -0.2) is 0 Å². The van der Waals surface area contributed by atoms with Crippen molar-refractivity contribution in [1.29, 1.82) is 0 Å². The van der Waals surface area contributed by atoms with Gasteiger partial charge in [-0.1, -0.05) is 86.6 Å². The predicted octanol–water partition coefficient (Wildman–Crippen LogP) is 6.25. The van der Waals surface area contributed by atoms with Crippen molar-refractivity contribution < 1.29 is 4.79 Å². The van der Waals surface area contributed by atoms with E-state index in [1.165, 1.54) is 11.1 Å². The lowest BCUT2D eigenvalue weighted by Crippen LogP contribution is -2.37. The summed E-state index contributed by atoms with van der Waals surface area (Å²) in [5, 5.41) is 0. The van der Waals surface area contributed by atoms with Gasteiger partial charge >= 0.3 is 0 Å². The summed E-state index contributed by atoms with van der Waals surface area (Å²) in [6, 6.07) is 29.2. The molecule has 3 aromatic carbocycles. The van der Waals surface area contributed by atoms with E-state index in [0.29, 0.717) is 18.4 Å². The van der Waals surface area contributed by atoms with Crippen LogP contribution in [0.15, 0.2) is 84.9 Å². The van der Waals surface area contributed by atoms with Gasteiger partial charge in [-0.3, -0.25) is 4.79 Å². The Balaban J connectivity index is 1.52. The first-order chi connectivity index (χ1) is 15.5. The lowest BCUT2D eigenvalue weighted by Gasteiger charge is -2.25. The van der Waals surface area contributed by atoms with E-state index in [0.717, 1.165) is 30.5 Å². The average molecular weight is 427 g/mol. The van der Waals surface area contributed by atoms with Crippen molar-refractivity contribution in [1.82, 2.24) is 0 Å². The fraction of sp³-hybridized carbons (Fsp3) is 0.345. The Morgan fingerprint density at radius 2 is 1.50 bits per heavy atom. The highest BCUT2D eigenvalue weighted by atomic mass is 16.2. The summed E-state index contributed by atoms with van der Waals surface area (Å²) in [4.78, 5) is 15.5. The third-order valence-corrected chi connectivity index (χ3v) is 6.39. The zero-order valence-corrected chi connectivity index (χ0v) is 19.2. The molecular weight excluding hydrogens is 392 g/mol. The second-order valence-electron chi connectivity index (χ2n) is 9.44. The maximum Gasteiger partial charge on any atom is 0.230 e. The van der Waals surface area contributed by atoms with Crippen LogP contribution < -0.4 is 10.6 Å². The molecule has 2 N–H and O–H groups in total. The number of nitrogens with two attached hydrogens (primary N) is 1. The number of carbonyl (C=O) groups is 1. The molecule has 1 aliphatic carbocycles. The van der Waals surface area contributed by atoms with Gasteiger partial charge in [0.2, 0.25) is 5.91 Å². The average Bonchev–Trinajstić information content (AvgIpc) is 3.61. The number of benzene rings is 3. The first-order valence-electron chi connectivity index (χ1n) is 11.8. The van der Waals surface area contributed by atoms with E-state index in [1.54, 1.807) is 0 Å². The van der Waals surface area contributed by atoms with Crippen LogP contribution in [0, 0.1) is 11.8 Å². The number of rotatable bonds is 9. The van der Waals surface area contributed by atoms with E-state index in [4.69, 9.17) is 5.73 Å². The van der Waals surface area contributed by atoms with Crippen LogP contribution in [0.25, 0.3) is 11.1 Å². The SMILES string of the molecule is CC(C)C[C@H](N)CCN(C(=O)[C@@H]1C[C@H]1c1ccccc1)c1ccc(-c2ccccc2)cc1. The van der Waals surface area contributed by atoms with Crippen LogP contribution >= 0.6 is 0 Å². The standard InChI is InChI=1S/C29H34N2O/c1-21(2)19-25(30)17-18-31(29(32)28-20-27(28)24-11-7-4-8-12-24)26-15-13-23(14-16-26)22-9-5-3-6-10-22/h3-16,21,25,27-28H,17-20,30H2,1-2H3/t25-,27+,28-/m1/s1. The minimum Gasteiger partial charge on any atom is -0.328 e. The van der Waals surface area contributed by atoms with Gasteiger partial charge < -0.3 is 10.6 Å². The van der Waals surface area contributed by atoms with Crippen LogP contribution in [0.3, 0.4) is 0 Å². The fourth-order valence-electron chi connectivity index (χ4n) is 4.59. The van der Waals surface area contributed by atoms with Gasteiger partial charge in [0.25, 0.3) is 0 Å². The van der Waals surface area contributed by atoms with E-state index >= 15 is 0 Å². The van der Waals surface area contributed by atoms with Crippen molar-refractivity contribution in [2.75, 3.05) is 11.4 Å². The maximum absolute atomic E-state index is 13.6. The van der Waals surface area contributed by atoms with Crippen molar-refractivity contribution in [2.24, 2.45) is 17.6 Å². The highest BCUT2D eigenvalue weighted by Gasteiger charge is 2.45. The molecule has 0 aromatic heterocycles. The third kappa shape index (κ3) is 5.46. The van der Waals surface area contributed by atoms with Crippen LogP contribution in [0.4, 0.5) is 5.69 Å². The summed E-state index contributed by atoms with van der Waals surface area (Å²) >= 11 is 0. The fourth-order valence-corrected chi connectivity index (χ4v) is 4.59. The lowest BCUT2D eigenvalue weighted by atomic mass is 10.0. The zero-order chi connectivity index (χ0) is 22.5. The van der Waals surface area contributed by atoms with Crippen LogP contribution in [0.2, 0.25) is 0 Å². The van der Waals surface area contributed by atoms with Crippen molar-refractivity contribution in [2.45, 2.75) is 45.1 Å². The molecule has 4 rings (SSSR count). The molecule has 1 saturated carbocycles. The largest absolute Gasteiger partial charge is 0.328 e. The predicted molar refractivity (Wildman–Crippen MR) is 134 cm³/mol. The van der Waals surface area contributed by atoms with Crippen LogP contribution in [0.1, 0.15) is 44.6 Å². The number of hydrogen-bond donors (Lipinski definition) is 1. The molecule has 1 aliphatic rings. The lowest BCUT2D eigenvalue weighted by molar-refractivity contribution is -0.119. The third-order valence-electron chi connectivity index (χ3n) is 6.39. The number of amides is 1. The molecule has 3 aromatic rings. The van der Waals surface area contributed by atoms with Crippen LogP contribution in [-0.2, 0) is 4.79 Å². The van der Waals surface area contributed by atoms with E-state index in [2.05, 4.69) is 74.5 Å². The molecule has 3 heteroatoms. The number of anilines is 1. The molecule has 166 valence electrons. The Bertz CT molecular complexity index is 998. The van der Waals surface area contributed by atoms with Crippen molar-refractivity contribution in [3.8, 4) is 11.1 Å². The van der Waals surface area contributed by atoms with Gasteiger partial charge in [0.05, 0.1) is 0 Å². The smallest absolute Gasteiger partial charge is 0.230 e. The molecule has 1 amide bonds. The molecular formula is C29H34N2O. The first-order valence-corrected chi connectivity index (χ1v) is 11.8. The van der Waals surface area contributed by atoms with Gasteiger partial charge in [0.1, 0.15) is 0 Å². The highest BCUT2D eigenvalue weighted by Crippen LogP contribution is 2.48. The second-order valence-corrected chi connectivity index (χ2v) is 9.44. The monoisotopic (exact) mass is 426 g/mol. The molecule has 0 spiro atoms. The Labute approximate surface area is 192 Å². The Kier molecular flexibility index (Phi) is 7.06. The van der Waals surface area contributed by atoms with Crippen molar-refractivity contribution >= 4 is 11.6 Å². The zero-order valence-electron chi connectivity index (χ0n) is 19.2. The Morgan fingerprint density at radius 1 is 0.906 bits per heavy atom. The van der Waals surface area contributed by atoms with Gasteiger partial charge in [0, 0.05) is 24.2 Å². The summed E-state index contributed by atoms with van der Waals surface area (Å²) in [5.74, 6) is 1.18. The van der Waals surface area contributed by atoms with E-state index in [1.807, 2.05) is 29.2 Å². The molecule has 0 aliphatic heterocycles. The summed E-state index contributed by atoms with van der Waals surface area (Å²) < 4.78 is 0. The summed E-state index contributed by atoms with van der Waals surface area (Å²) in [6.07, 6.45) is 2.72. The molecule has 3 nitrogen and oxygen atoms in total. The van der Waals surface area contributed by atoms with Crippen LogP contribution in [-0.4, -0.2) is 18.5 Å². The molecule has 0 saturated heterocycles. The number of hydrogen-bond acceptors (Lipinski definition) is 2. The van der Waals surface area contributed by atoms with Gasteiger partial charge in [0.15, 0.2) is 0 Å². The highest BCUT2D eigenvalue weighted by molar-refractivity contribution is 5.97. The van der Waals surface area contributed by atoms with Gasteiger partial charge in [-0.05, 0) is 59.9 Å². The summed E-state index contributed by atoms with van der Waals surface area (Å²) in [5.41, 5.74) is 10.9. The van der Waals surface area contributed by atoms with Crippen molar-refractivity contribution in [3.63, 3.8) is 0 Å². The quantitative estimate of drug-likeness (QED) is 0.439. The second kappa shape index (κ2) is 10.1. The van der Waals surface area contributed by atoms with Crippen LogP contribution in [0.5, 0.6) is 0 Å². The molecule has 3 atom stereocenters. The molecule has 0 radical (unpaired) electrons. The van der Waals surface area contributed by atoms with E-state index in [-0.39, 0.29) is 17.9 Å². The number of carbonyl (C=O) groups excluding carboxylic acids is 1. The topological polar surface area (TPSA) is 46.3 Å². The van der Waals surface area contributed by atoms with E-state index in [9.17, 15) is 4.79 Å². The molecule has 0 heterocycles. The summed E-state index contributed by atoms with van der Waals surface area (Å²) in [7, 11) is 0. The van der Waals surface area contributed by atoms with Gasteiger partial charge in [-0.2, -0.15) is 0 Å². The first kappa shape index (κ1) is 22.3. The van der Waals surface area contributed by atoms with Crippen molar-refractivity contribution in [3.05, 3.63) is 90.5 Å². The van der Waals surface area contributed by atoms with E-state index < -0.39 is 0 Å². The molecule has 32 heavy (non-hydrogen) atoms. The summed E-state index contributed by atoms with van der Waals surface area (Å²) in [6.45, 7) is 5.05. The molecule has 1 fully saturated rings.